The molecule has 1 aliphatic rings. The van der Waals surface area contributed by atoms with Crippen LogP contribution >= 0.6 is 0 Å². The Bertz CT molecular complexity index is 1220. The van der Waals surface area contributed by atoms with E-state index >= 15 is 0 Å². The predicted molar refractivity (Wildman–Crippen MR) is 133 cm³/mol. The first-order valence-corrected chi connectivity index (χ1v) is 11.4. The van der Waals surface area contributed by atoms with Crippen molar-refractivity contribution >= 4 is 23.7 Å². The first kappa shape index (κ1) is 23.8. The second-order valence-corrected chi connectivity index (χ2v) is 8.19. The van der Waals surface area contributed by atoms with Crippen molar-refractivity contribution in [3.63, 3.8) is 0 Å². The summed E-state index contributed by atoms with van der Waals surface area (Å²) in [6.07, 6.45) is 2.72. The zero-order valence-electron chi connectivity index (χ0n) is 19.1. The number of hydrogen-bond donors (Lipinski definition) is 3. The summed E-state index contributed by atoms with van der Waals surface area (Å²) in [6.45, 7) is 0.366. The molecular formula is C28H26N2O5. The molecule has 4 rings (SSSR count). The zero-order valence-corrected chi connectivity index (χ0v) is 19.1. The third-order valence-electron chi connectivity index (χ3n) is 5.80. The van der Waals surface area contributed by atoms with Crippen LogP contribution in [0.25, 0.3) is 11.1 Å². The molecule has 1 aliphatic carbocycles. The van der Waals surface area contributed by atoms with Crippen molar-refractivity contribution in [2.24, 2.45) is 0 Å². The average molecular weight is 471 g/mol. The van der Waals surface area contributed by atoms with E-state index in [1.165, 1.54) is 23.3 Å². The number of carboxylic acids is 1. The standard InChI is InChI=1S/C28H26N2O5/c31-26(30-20-8-5-7-19(17-20)14-15-27(32)33)13-6-16-29-28(34)35-18-25-23-11-3-1-9-21(23)22-10-2-4-12-24(22)25/h1-13,17,25H,14-16,18H2,(H,29,34)(H,30,31)(H,32,33)/b13-6+. The molecule has 0 fully saturated rings. The molecule has 3 aromatic rings. The number of carboxylic acid groups (broad SMARTS) is 1. The molecule has 7 nitrogen and oxygen atoms in total. The Hall–Kier alpha value is -4.39. The summed E-state index contributed by atoms with van der Waals surface area (Å²) < 4.78 is 5.47. The maximum absolute atomic E-state index is 12.2. The smallest absolute Gasteiger partial charge is 0.407 e. The van der Waals surface area contributed by atoms with Gasteiger partial charge in [0, 0.05) is 30.6 Å². The van der Waals surface area contributed by atoms with Gasteiger partial charge in [-0.05, 0) is 46.4 Å². The van der Waals surface area contributed by atoms with Crippen molar-refractivity contribution in [3.8, 4) is 11.1 Å². The van der Waals surface area contributed by atoms with Gasteiger partial charge < -0.3 is 20.5 Å². The zero-order chi connectivity index (χ0) is 24.6. The molecule has 0 saturated carbocycles. The number of ether oxygens (including phenoxy) is 1. The van der Waals surface area contributed by atoms with E-state index in [2.05, 4.69) is 34.9 Å². The molecule has 0 heterocycles. The number of alkyl carbamates (subject to hydrolysis) is 1. The Morgan fingerprint density at radius 2 is 1.60 bits per heavy atom. The Balaban J connectivity index is 1.23. The SMILES string of the molecule is O=C(O)CCc1cccc(NC(=O)/C=C/CNC(=O)OCC2c3ccccc3-c3ccccc32)c1. The Labute approximate surface area is 203 Å². The molecule has 0 atom stereocenters. The monoisotopic (exact) mass is 470 g/mol. The van der Waals surface area contributed by atoms with E-state index in [0.717, 1.165) is 16.7 Å². The first-order valence-electron chi connectivity index (χ1n) is 11.4. The van der Waals surface area contributed by atoms with Crippen LogP contribution in [0, 0.1) is 0 Å². The minimum absolute atomic E-state index is 0.0132. The molecule has 0 aromatic heterocycles. The summed E-state index contributed by atoms with van der Waals surface area (Å²) in [5, 5.41) is 14.1. The molecule has 0 radical (unpaired) electrons. The molecule has 0 unspecified atom stereocenters. The van der Waals surface area contributed by atoms with Gasteiger partial charge in [0.15, 0.2) is 0 Å². The van der Waals surface area contributed by atoms with Crippen LogP contribution in [0.4, 0.5) is 10.5 Å². The lowest BCUT2D eigenvalue weighted by Gasteiger charge is -2.14. The fourth-order valence-corrected chi connectivity index (χ4v) is 4.20. The number of benzene rings is 3. The second-order valence-electron chi connectivity index (χ2n) is 8.19. The van der Waals surface area contributed by atoms with Crippen molar-refractivity contribution in [2.75, 3.05) is 18.5 Å². The maximum atomic E-state index is 12.2. The number of amides is 2. The van der Waals surface area contributed by atoms with Crippen LogP contribution in [0.3, 0.4) is 0 Å². The minimum Gasteiger partial charge on any atom is -0.481 e. The fourth-order valence-electron chi connectivity index (χ4n) is 4.20. The van der Waals surface area contributed by atoms with Crippen molar-refractivity contribution in [3.05, 3.63) is 102 Å². The molecule has 2 amide bonds. The highest BCUT2D eigenvalue weighted by Crippen LogP contribution is 2.44. The summed E-state index contributed by atoms with van der Waals surface area (Å²) in [6, 6.07) is 23.3. The van der Waals surface area contributed by atoms with E-state index in [9.17, 15) is 14.4 Å². The number of anilines is 1. The van der Waals surface area contributed by atoms with Crippen LogP contribution in [-0.2, 0) is 20.7 Å². The van der Waals surface area contributed by atoms with Crippen molar-refractivity contribution < 1.29 is 24.2 Å². The van der Waals surface area contributed by atoms with Crippen molar-refractivity contribution in [1.82, 2.24) is 5.32 Å². The maximum Gasteiger partial charge on any atom is 0.407 e. The number of hydrogen-bond acceptors (Lipinski definition) is 4. The van der Waals surface area contributed by atoms with Crippen LogP contribution in [0.1, 0.15) is 29.0 Å². The van der Waals surface area contributed by atoms with E-state index in [-0.39, 0.29) is 31.4 Å². The molecular weight excluding hydrogens is 444 g/mol. The van der Waals surface area contributed by atoms with Gasteiger partial charge in [-0.25, -0.2) is 4.79 Å². The lowest BCUT2D eigenvalue weighted by molar-refractivity contribution is -0.137. The van der Waals surface area contributed by atoms with Crippen LogP contribution in [0.15, 0.2) is 84.9 Å². The highest BCUT2D eigenvalue weighted by molar-refractivity contribution is 5.99. The van der Waals surface area contributed by atoms with E-state index in [1.54, 1.807) is 18.2 Å². The largest absolute Gasteiger partial charge is 0.481 e. The molecule has 3 aromatic carbocycles. The number of aryl methyl sites for hydroxylation is 1. The van der Waals surface area contributed by atoms with Gasteiger partial charge >= 0.3 is 12.1 Å². The molecule has 35 heavy (non-hydrogen) atoms. The van der Waals surface area contributed by atoms with Crippen LogP contribution in [0.2, 0.25) is 0 Å². The summed E-state index contributed by atoms with van der Waals surface area (Å²) in [4.78, 5) is 35.0. The van der Waals surface area contributed by atoms with Gasteiger partial charge in [0.1, 0.15) is 6.61 Å². The summed E-state index contributed by atoms with van der Waals surface area (Å²) in [7, 11) is 0. The van der Waals surface area contributed by atoms with E-state index in [1.807, 2.05) is 30.3 Å². The third kappa shape index (κ3) is 6.14. The molecule has 7 heteroatoms. The molecule has 178 valence electrons. The fraction of sp³-hybridized carbons (Fsp3) is 0.179. The highest BCUT2D eigenvalue weighted by Gasteiger charge is 2.28. The van der Waals surface area contributed by atoms with E-state index in [0.29, 0.717) is 12.1 Å². The van der Waals surface area contributed by atoms with Crippen LogP contribution in [0.5, 0.6) is 0 Å². The molecule has 0 saturated heterocycles. The normalized spacial score (nSPS) is 12.1. The molecule has 3 N–H and O–H groups in total. The highest BCUT2D eigenvalue weighted by atomic mass is 16.5. The molecule has 0 spiro atoms. The number of carbonyl (C=O) groups is 3. The van der Waals surface area contributed by atoms with Crippen LogP contribution in [-0.4, -0.2) is 36.2 Å². The topological polar surface area (TPSA) is 105 Å². The van der Waals surface area contributed by atoms with E-state index in [4.69, 9.17) is 9.84 Å². The molecule has 0 aliphatic heterocycles. The Kier molecular flexibility index (Phi) is 7.57. The van der Waals surface area contributed by atoms with Gasteiger partial charge in [-0.2, -0.15) is 0 Å². The number of aliphatic carboxylic acids is 1. The van der Waals surface area contributed by atoms with Gasteiger partial charge in [-0.3, -0.25) is 9.59 Å². The number of carbonyl (C=O) groups excluding carboxylic acids is 2. The average Bonchev–Trinajstić information content (AvgIpc) is 3.18. The summed E-state index contributed by atoms with van der Waals surface area (Å²) in [5.74, 6) is -1.23. The molecule has 0 bridgehead atoms. The lowest BCUT2D eigenvalue weighted by atomic mass is 9.98. The van der Waals surface area contributed by atoms with Crippen LogP contribution < -0.4 is 10.6 Å². The summed E-state index contributed by atoms with van der Waals surface area (Å²) in [5.41, 5.74) is 6.02. The van der Waals surface area contributed by atoms with Gasteiger partial charge in [0.2, 0.25) is 5.91 Å². The van der Waals surface area contributed by atoms with Crippen molar-refractivity contribution in [1.29, 1.82) is 0 Å². The minimum atomic E-state index is -0.869. The summed E-state index contributed by atoms with van der Waals surface area (Å²) >= 11 is 0. The number of rotatable bonds is 9. The first-order chi connectivity index (χ1) is 17.0. The Morgan fingerprint density at radius 3 is 2.29 bits per heavy atom. The lowest BCUT2D eigenvalue weighted by Crippen LogP contribution is -2.26. The number of nitrogens with one attached hydrogen (secondary N) is 2. The third-order valence-corrected chi connectivity index (χ3v) is 5.80. The quantitative estimate of drug-likeness (QED) is 0.392. The van der Waals surface area contributed by atoms with E-state index < -0.39 is 12.1 Å². The van der Waals surface area contributed by atoms with Gasteiger partial charge in [-0.1, -0.05) is 66.7 Å². The van der Waals surface area contributed by atoms with Gasteiger partial charge in [0.05, 0.1) is 0 Å². The predicted octanol–water partition coefficient (Wildman–Crippen LogP) is 4.74. The van der Waals surface area contributed by atoms with Crippen molar-refractivity contribution in [2.45, 2.75) is 18.8 Å². The Morgan fingerprint density at radius 1 is 0.914 bits per heavy atom. The van der Waals surface area contributed by atoms with Gasteiger partial charge in [-0.15, -0.1) is 0 Å². The van der Waals surface area contributed by atoms with Gasteiger partial charge in [0.25, 0.3) is 0 Å². The number of fused-ring (bicyclic) bond motifs is 3. The second kappa shape index (κ2) is 11.2.